The standard InChI is InChI=1S/C31H41F2N5O8S/c1-5-23(19-39)46-27(43-3)20-45-29(41)35-17-14-26(40)34-16-9-15-31(21-10-7-6-8-11-21)38(30(42)37(2)44-4)36-28(47-31)24-18-22(32)12-13-25(24)33/h6-8,10-13,18,23,27,39H,5,9,14-17,19-20H2,1-4H3,(H,34,40)(H,35,41)/t23?,27?,31-/m0/s1. The van der Waals surface area contributed by atoms with Gasteiger partial charge in [0.25, 0.3) is 0 Å². The maximum atomic E-state index is 14.8. The van der Waals surface area contributed by atoms with Gasteiger partial charge in [-0.3, -0.25) is 9.63 Å². The molecule has 3 atom stereocenters. The lowest BCUT2D eigenvalue weighted by Crippen LogP contribution is -2.47. The summed E-state index contributed by atoms with van der Waals surface area (Å²) in [7, 11) is 4.11. The van der Waals surface area contributed by atoms with Crippen LogP contribution in [0.25, 0.3) is 0 Å². The molecule has 3 N–H and O–H groups in total. The molecule has 47 heavy (non-hydrogen) atoms. The molecule has 4 amide bonds. The number of urea groups is 1. The van der Waals surface area contributed by atoms with E-state index in [4.69, 9.17) is 19.0 Å². The van der Waals surface area contributed by atoms with Crippen molar-refractivity contribution in [1.29, 1.82) is 0 Å². The van der Waals surface area contributed by atoms with Crippen LogP contribution in [0.15, 0.2) is 53.6 Å². The Hall–Kier alpha value is -3.83. The zero-order chi connectivity index (χ0) is 34.4. The molecule has 0 aliphatic carbocycles. The van der Waals surface area contributed by atoms with Gasteiger partial charge in [-0.15, -0.1) is 0 Å². The van der Waals surface area contributed by atoms with Crippen molar-refractivity contribution in [2.45, 2.75) is 49.9 Å². The largest absolute Gasteiger partial charge is 0.444 e. The monoisotopic (exact) mass is 681 g/mol. The SMILES string of the molecule is CCC(CO)OC(COC(=O)NCCC(=O)NCCC[C@@]1(c2ccccc2)SC(c2cc(F)ccc2F)=NN1C(=O)N(C)OC)OC. The Bertz CT molecular complexity index is 1370. The van der Waals surface area contributed by atoms with E-state index in [0.717, 1.165) is 35.0 Å². The molecule has 0 saturated heterocycles. The van der Waals surface area contributed by atoms with Gasteiger partial charge in [-0.2, -0.15) is 10.1 Å². The Morgan fingerprint density at radius 3 is 2.51 bits per heavy atom. The van der Waals surface area contributed by atoms with Crippen molar-refractivity contribution in [1.82, 2.24) is 20.7 Å². The third-order valence-electron chi connectivity index (χ3n) is 7.16. The second-order valence-corrected chi connectivity index (χ2v) is 11.6. The van der Waals surface area contributed by atoms with Gasteiger partial charge in [-0.25, -0.2) is 23.4 Å². The molecule has 1 aliphatic rings. The van der Waals surface area contributed by atoms with E-state index in [9.17, 15) is 28.3 Å². The van der Waals surface area contributed by atoms with Gasteiger partial charge in [0.2, 0.25) is 5.91 Å². The van der Waals surface area contributed by atoms with Crippen LogP contribution in [0.3, 0.4) is 0 Å². The molecule has 1 aliphatic heterocycles. The van der Waals surface area contributed by atoms with Crippen LogP contribution in [-0.4, -0.2) is 98.2 Å². The van der Waals surface area contributed by atoms with Crippen molar-refractivity contribution < 1.29 is 47.3 Å². The quantitative estimate of drug-likeness (QED) is 0.128. The fourth-order valence-corrected chi connectivity index (χ4v) is 5.93. The van der Waals surface area contributed by atoms with Crippen molar-refractivity contribution in [2.75, 3.05) is 47.6 Å². The predicted octanol–water partition coefficient (Wildman–Crippen LogP) is 3.91. The van der Waals surface area contributed by atoms with E-state index in [1.165, 1.54) is 26.3 Å². The van der Waals surface area contributed by atoms with Crippen LogP contribution in [0.2, 0.25) is 0 Å². The first-order valence-corrected chi connectivity index (χ1v) is 15.8. The third kappa shape index (κ3) is 10.3. The lowest BCUT2D eigenvalue weighted by Gasteiger charge is -2.37. The Morgan fingerprint density at radius 2 is 1.85 bits per heavy atom. The third-order valence-corrected chi connectivity index (χ3v) is 8.60. The molecule has 0 aromatic heterocycles. The molecule has 3 rings (SSSR count). The summed E-state index contributed by atoms with van der Waals surface area (Å²) in [5.74, 6) is -1.69. The van der Waals surface area contributed by atoms with Gasteiger partial charge in [0.1, 0.15) is 28.2 Å². The number of alkyl carbamates (subject to hydrolysis) is 1. The first kappa shape index (κ1) is 37.6. The summed E-state index contributed by atoms with van der Waals surface area (Å²) in [5.41, 5.74) is 0.584. The van der Waals surface area contributed by atoms with Gasteiger partial charge in [0.05, 0.1) is 19.8 Å². The van der Waals surface area contributed by atoms with Crippen molar-refractivity contribution in [3.63, 3.8) is 0 Å². The Balaban J connectivity index is 1.61. The van der Waals surface area contributed by atoms with Gasteiger partial charge in [0, 0.05) is 39.2 Å². The number of amides is 4. The number of ether oxygens (including phenoxy) is 3. The number of nitrogens with zero attached hydrogens (tertiary/aromatic N) is 3. The summed E-state index contributed by atoms with van der Waals surface area (Å²) in [5, 5.41) is 21.3. The minimum Gasteiger partial charge on any atom is -0.444 e. The lowest BCUT2D eigenvalue weighted by molar-refractivity contribution is -0.181. The minimum atomic E-state index is -1.19. The fraction of sp³-hybridized carbons (Fsp3) is 0.484. The number of rotatable bonds is 17. The van der Waals surface area contributed by atoms with E-state index in [1.54, 1.807) is 24.3 Å². The molecule has 0 fully saturated rings. The number of hydrazone groups is 1. The van der Waals surface area contributed by atoms with E-state index in [1.807, 2.05) is 13.0 Å². The van der Waals surface area contributed by atoms with Crippen molar-refractivity contribution in [2.24, 2.45) is 5.10 Å². The molecule has 2 aromatic carbocycles. The predicted molar refractivity (Wildman–Crippen MR) is 170 cm³/mol. The van der Waals surface area contributed by atoms with Crippen LogP contribution in [0.1, 0.15) is 43.7 Å². The summed E-state index contributed by atoms with van der Waals surface area (Å²) in [6.45, 7) is 1.64. The van der Waals surface area contributed by atoms with Gasteiger partial charge in [-0.05, 0) is 43.0 Å². The Labute approximate surface area is 276 Å². The van der Waals surface area contributed by atoms with E-state index >= 15 is 0 Å². The minimum absolute atomic E-state index is 0.00321. The number of nitrogens with one attached hydrogen (secondary N) is 2. The van der Waals surface area contributed by atoms with Crippen LogP contribution >= 0.6 is 11.8 Å². The smallest absolute Gasteiger partial charge is 0.407 e. The maximum absolute atomic E-state index is 14.8. The summed E-state index contributed by atoms with van der Waals surface area (Å²) in [6.07, 6.45) is -0.925. The number of carbonyl (C=O) groups is 3. The number of thioether (sulfide) groups is 1. The zero-order valence-corrected chi connectivity index (χ0v) is 27.6. The molecule has 0 spiro atoms. The van der Waals surface area contributed by atoms with Gasteiger partial charge in [-0.1, -0.05) is 49.0 Å². The molecule has 13 nitrogen and oxygen atoms in total. The number of hydroxylamine groups is 2. The zero-order valence-electron chi connectivity index (χ0n) is 26.7. The second-order valence-electron chi connectivity index (χ2n) is 10.3. The molecule has 16 heteroatoms. The molecular weight excluding hydrogens is 640 g/mol. The lowest BCUT2D eigenvalue weighted by atomic mass is 10.0. The summed E-state index contributed by atoms with van der Waals surface area (Å²) < 4.78 is 44.6. The molecule has 2 unspecified atom stereocenters. The molecule has 258 valence electrons. The molecular formula is C31H41F2N5O8S. The first-order chi connectivity index (χ1) is 22.6. The Kier molecular flexibility index (Phi) is 14.8. The number of halogens is 2. The van der Waals surface area contributed by atoms with E-state index in [-0.39, 0.29) is 55.7 Å². The average Bonchev–Trinajstić information content (AvgIpc) is 3.48. The number of aliphatic hydroxyl groups is 1. The number of carbonyl (C=O) groups excluding carboxylic acids is 3. The highest BCUT2D eigenvalue weighted by molar-refractivity contribution is 8.15. The van der Waals surface area contributed by atoms with Gasteiger partial charge in [0.15, 0.2) is 6.29 Å². The molecule has 2 aromatic rings. The number of hydrogen-bond donors (Lipinski definition) is 3. The van der Waals surface area contributed by atoms with Gasteiger partial charge < -0.3 is 30.0 Å². The molecule has 0 saturated carbocycles. The van der Waals surface area contributed by atoms with Crippen molar-refractivity contribution in [3.8, 4) is 0 Å². The second kappa shape index (κ2) is 18.5. The average molecular weight is 682 g/mol. The van der Waals surface area contributed by atoms with Crippen molar-refractivity contribution in [3.05, 3.63) is 71.3 Å². The molecule has 1 heterocycles. The normalized spacial score (nSPS) is 17.1. The number of hydrogen-bond acceptors (Lipinski definition) is 10. The van der Waals surface area contributed by atoms with E-state index in [2.05, 4.69) is 15.7 Å². The highest BCUT2D eigenvalue weighted by Gasteiger charge is 2.49. The topological polar surface area (TPSA) is 151 Å². The van der Waals surface area contributed by atoms with Gasteiger partial charge >= 0.3 is 12.1 Å². The van der Waals surface area contributed by atoms with Crippen LogP contribution in [0.4, 0.5) is 18.4 Å². The highest BCUT2D eigenvalue weighted by Crippen LogP contribution is 2.51. The molecule has 0 bridgehead atoms. The van der Waals surface area contributed by atoms with Crippen molar-refractivity contribution >= 4 is 34.8 Å². The van der Waals surface area contributed by atoms with Crippen LogP contribution in [-0.2, 0) is 28.7 Å². The van der Waals surface area contributed by atoms with E-state index < -0.39 is 41.0 Å². The first-order valence-electron chi connectivity index (χ1n) is 15.0. The highest BCUT2D eigenvalue weighted by atomic mass is 32.2. The fourth-order valence-electron chi connectivity index (χ4n) is 4.52. The van der Waals surface area contributed by atoms with Crippen LogP contribution in [0.5, 0.6) is 0 Å². The summed E-state index contributed by atoms with van der Waals surface area (Å²) in [6, 6.07) is 11.4. The maximum Gasteiger partial charge on any atom is 0.407 e. The Morgan fingerprint density at radius 1 is 1.11 bits per heavy atom. The summed E-state index contributed by atoms with van der Waals surface area (Å²) >= 11 is 1.10. The van der Waals surface area contributed by atoms with Crippen LogP contribution < -0.4 is 10.6 Å². The summed E-state index contributed by atoms with van der Waals surface area (Å²) in [4.78, 5) is 42.0. The number of aliphatic hydroxyl groups excluding tert-OH is 1. The molecule has 0 radical (unpaired) electrons. The van der Waals surface area contributed by atoms with E-state index in [0.29, 0.717) is 18.4 Å². The number of benzene rings is 2. The number of methoxy groups -OCH3 is 1. The van der Waals surface area contributed by atoms with Crippen LogP contribution in [0, 0.1) is 11.6 Å².